The van der Waals surface area contributed by atoms with Gasteiger partial charge in [-0.25, -0.2) is 4.39 Å². The van der Waals surface area contributed by atoms with Crippen molar-refractivity contribution in [2.75, 3.05) is 11.9 Å². The van der Waals surface area contributed by atoms with Gasteiger partial charge < -0.3 is 10.4 Å². The molecule has 0 unspecified atom stereocenters. The van der Waals surface area contributed by atoms with Gasteiger partial charge in [0.2, 0.25) is 0 Å². The van der Waals surface area contributed by atoms with E-state index in [-0.39, 0.29) is 5.82 Å². The van der Waals surface area contributed by atoms with E-state index in [0.717, 1.165) is 0 Å². The lowest BCUT2D eigenvalue weighted by Crippen LogP contribution is -2.26. The molecule has 1 rings (SSSR count). The van der Waals surface area contributed by atoms with Crippen LogP contribution in [0.15, 0.2) is 24.3 Å². The van der Waals surface area contributed by atoms with Crippen LogP contribution in [-0.2, 0) is 4.79 Å². The maximum absolute atomic E-state index is 12.8. The summed E-state index contributed by atoms with van der Waals surface area (Å²) in [6, 6.07) is 6.11. The Kier molecular flexibility index (Phi) is 3.88. The first kappa shape index (κ1) is 12.5. The first-order valence-corrected chi connectivity index (χ1v) is 5.15. The minimum atomic E-state index is -0.825. The number of rotatable bonds is 5. The summed E-state index contributed by atoms with van der Waals surface area (Å²) in [6.07, 6.45) is 0.485. The zero-order valence-corrected chi connectivity index (χ0v) is 9.46. The van der Waals surface area contributed by atoms with Gasteiger partial charge in [-0.05, 0) is 38.5 Å². The Bertz CT molecular complexity index is 377. The highest BCUT2D eigenvalue weighted by atomic mass is 19.1. The minimum Gasteiger partial charge on any atom is -0.481 e. The third-order valence-electron chi connectivity index (χ3n) is 2.48. The standard InChI is InChI=1S/C12H16FNO2/c1-12(2,11(15)16)6-7-14-10-5-3-4-9(13)8-10/h3-5,8,14H,6-7H2,1-2H3,(H,15,16). The second-order valence-electron chi connectivity index (χ2n) is 4.38. The van der Waals surface area contributed by atoms with Crippen LogP contribution in [0.3, 0.4) is 0 Å². The quantitative estimate of drug-likeness (QED) is 0.810. The normalized spacial score (nSPS) is 11.2. The van der Waals surface area contributed by atoms with Gasteiger partial charge in [0.1, 0.15) is 5.82 Å². The van der Waals surface area contributed by atoms with E-state index < -0.39 is 11.4 Å². The van der Waals surface area contributed by atoms with Crippen molar-refractivity contribution in [3.63, 3.8) is 0 Å². The zero-order chi connectivity index (χ0) is 12.2. The zero-order valence-electron chi connectivity index (χ0n) is 9.46. The van der Waals surface area contributed by atoms with Crippen LogP contribution in [0.2, 0.25) is 0 Å². The number of carbonyl (C=O) groups is 1. The monoisotopic (exact) mass is 225 g/mol. The molecule has 0 radical (unpaired) electrons. The van der Waals surface area contributed by atoms with Crippen molar-refractivity contribution in [3.8, 4) is 0 Å². The van der Waals surface area contributed by atoms with Crippen LogP contribution in [0.5, 0.6) is 0 Å². The number of halogens is 1. The van der Waals surface area contributed by atoms with Crippen molar-refractivity contribution >= 4 is 11.7 Å². The average Bonchev–Trinajstić information content (AvgIpc) is 2.17. The Morgan fingerprint density at radius 3 is 2.75 bits per heavy atom. The average molecular weight is 225 g/mol. The molecule has 1 aromatic rings. The molecule has 0 atom stereocenters. The molecule has 0 aromatic heterocycles. The number of anilines is 1. The van der Waals surface area contributed by atoms with Crippen molar-refractivity contribution < 1.29 is 14.3 Å². The number of nitrogens with one attached hydrogen (secondary N) is 1. The molecule has 0 saturated heterocycles. The van der Waals surface area contributed by atoms with Crippen LogP contribution in [0.1, 0.15) is 20.3 Å². The summed E-state index contributed by atoms with van der Waals surface area (Å²) in [7, 11) is 0. The van der Waals surface area contributed by atoms with Gasteiger partial charge in [0.05, 0.1) is 5.41 Å². The van der Waals surface area contributed by atoms with E-state index in [2.05, 4.69) is 5.32 Å². The first-order chi connectivity index (χ1) is 7.42. The van der Waals surface area contributed by atoms with Gasteiger partial charge in [-0.15, -0.1) is 0 Å². The molecule has 0 saturated carbocycles. The van der Waals surface area contributed by atoms with Crippen LogP contribution in [0.4, 0.5) is 10.1 Å². The van der Waals surface area contributed by atoms with E-state index in [1.165, 1.54) is 12.1 Å². The smallest absolute Gasteiger partial charge is 0.309 e. The van der Waals surface area contributed by atoms with E-state index in [4.69, 9.17) is 5.11 Å². The van der Waals surface area contributed by atoms with E-state index >= 15 is 0 Å². The lowest BCUT2D eigenvalue weighted by Gasteiger charge is -2.19. The Hall–Kier alpha value is -1.58. The number of aliphatic carboxylic acids is 1. The highest BCUT2D eigenvalue weighted by Crippen LogP contribution is 2.20. The number of hydrogen-bond donors (Lipinski definition) is 2. The molecule has 3 nitrogen and oxygen atoms in total. The van der Waals surface area contributed by atoms with Crippen LogP contribution in [-0.4, -0.2) is 17.6 Å². The summed E-state index contributed by atoms with van der Waals surface area (Å²) >= 11 is 0. The number of carboxylic acids is 1. The molecule has 16 heavy (non-hydrogen) atoms. The Morgan fingerprint density at radius 2 is 2.19 bits per heavy atom. The third kappa shape index (κ3) is 3.53. The maximum Gasteiger partial charge on any atom is 0.309 e. The molecule has 1 aromatic carbocycles. The molecule has 4 heteroatoms. The number of carboxylic acid groups (broad SMARTS) is 1. The number of hydrogen-bond acceptors (Lipinski definition) is 2. The van der Waals surface area contributed by atoms with Crippen LogP contribution in [0, 0.1) is 11.2 Å². The van der Waals surface area contributed by atoms with Gasteiger partial charge in [-0.1, -0.05) is 6.07 Å². The summed E-state index contributed by atoms with van der Waals surface area (Å²) in [5.41, 5.74) is -0.0958. The van der Waals surface area contributed by atoms with Crippen molar-refractivity contribution in [1.82, 2.24) is 0 Å². The third-order valence-corrected chi connectivity index (χ3v) is 2.48. The largest absolute Gasteiger partial charge is 0.481 e. The highest BCUT2D eigenvalue weighted by molar-refractivity contribution is 5.73. The molecule has 0 aliphatic rings. The van der Waals surface area contributed by atoms with Gasteiger partial charge in [0.15, 0.2) is 0 Å². The van der Waals surface area contributed by atoms with Crippen molar-refractivity contribution in [3.05, 3.63) is 30.1 Å². The minimum absolute atomic E-state index is 0.303. The summed E-state index contributed by atoms with van der Waals surface area (Å²) in [5, 5.41) is 11.9. The SMILES string of the molecule is CC(C)(CCNc1cccc(F)c1)C(=O)O. The van der Waals surface area contributed by atoms with E-state index in [9.17, 15) is 9.18 Å². The number of benzene rings is 1. The first-order valence-electron chi connectivity index (χ1n) is 5.15. The lowest BCUT2D eigenvalue weighted by atomic mass is 9.90. The van der Waals surface area contributed by atoms with Gasteiger partial charge in [-0.3, -0.25) is 4.79 Å². The molecule has 88 valence electrons. The summed E-state index contributed by atoms with van der Waals surface area (Å²) in [4.78, 5) is 10.8. The van der Waals surface area contributed by atoms with Crippen LogP contribution < -0.4 is 5.32 Å². The van der Waals surface area contributed by atoms with Crippen molar-refractivity contribution in [2.45, 2.75) is 20.3 Å². The molecule has 0 aliphatic carbocycles. The van der Waals surface area contributed by atoms with Crippen molar-refractivity contribution in [1.29, 1.82) is 0 Å². The van der Waals surface area contributed by atoms with E-state index in [1.807, 2.05) is 0 Å². The topological polar surface area (TPSA) is 49.3 Å². The predicted octanol–water partition coefficient (Wildman–Crippen LogP) is 2.74. The van der Waals surface area contributed by atoms with Crippen LogP contribution >= 0.6 is 0 Å². The van der Waals surface area contributed by atoms with Gasteiger partial charge in [0, 0.05) is 12.2 Å². The Labute approximate surface area is 94.3 Å². The molecule has 0 spiro atoms. The van der Waals surface area contributed by atoms with Crippen molar-refractivity contribution in [2.24, 2.45) is 5.41 Å². The summed E-state index contributed by atoms with van der Waals surface area (Å²) in [6.45, 7) is 3.84. The molecule has 2 N–H and O–H groups in total. The predicted molar refractivity (Wildman–Crippen MR) is 60.9 cm³/mol. The fraction of sp³-hybridized carbons (Fsp3) is 0.417. The molecule has 0 aliphatic heterocycles. The lowest BCUT2D eigenvalue weighted by molar-refractivity contribution is -0.147. The summed E-state index contributed by atoms with van der Waals surface area (Å²) in [5.74, 6) is -1.13. The Balaban J connectivity index is 2.45. The summed E-state index contributed by atoms with van der Waals surface area (Å²) < 4.78 is 12.8. The van der Waals surface area contributed by atoms with Gasteiger partial charge in [0.25, 0.3) is 0 Å². The molecule has 0 bridgehead atoms. The van der Waals surface area contributed by atoms with Gasteiger partial charge >= 0.3 is 5.97 Å². The van der Waals surface area contributed by atoms with Gasteiger partial charge in [-0.2, -0.15) is 0 Å². The van der Waals surface area contributed by atoms with Crippen LogP contribution in [0.25, 0.3) is 0 Å². The second-order valence-corrected chi connectivity index (χ2v) is 4.38. The maximum atomic E-state index is 12.8. The molecule has 0 heterocycles. The van der Waals surface area contributed by atoms with E-state index in [1.54, 1.807) is 26.0 Å². The highest BCUT2D eigenvalue weighted by Gasteiger charge is 2.26. The fourth-order valence-electron chi connectivity index (χ4n) is 1.22. The fourth-order valence-corrected chi connectivity index (χ4v) is 1.22. The van der Waals surface area contributed by atoms with E-state index in [0.29, 0.717) is 18.7 Å². The molecular formula is C12H16FNO2. The molecule has 0 amide bonds. The second kappa shape index (κ2) is 4.96. The molecular weight excluding hydrogens is 209 g/mol. The molecule has 0 fully saturated rings. The Morgan fingerprint density at radius 1 is 1.50 bits per heavy atom.